The Morgan fingerprint density at radius 1 is 1.03 bits per heavy atom. The molecule has 4 nitrogen and oxygen atoms in total. The van der Waals surface area contributed by atoms with Crippen molar-refractivity contribution in [1.29, 1.82) is 0 Å². The molecule has 0 bridgehead atoms. The van der Waals surface area contributed by atoms with Gasteiger partial charge in [0.05, 0.1) is 6.04 Å². The largest absolute Gasteiger partial charge is 0.370 e. The van der Waals surface area contributed by atoms with Crippen LogP contribution in [0.3, 0.4) is 0 Å². The zero-order valence-corrected chi connectivity index (χ0v) is 17.6. The zero-order valence-electron chi connectivity index (χ0n) is 16.1. The number of nitrogens with zero attached hydrogens (tertiary/aromatic N) is 1. The molecule has 0 radical (unpaired) electrons. The summed E-state index contributed by atoms with van der Waals surface area (Å²) in [5.41, 5.74) is 7.59. The Labute approximate surface area is 181 Å². The summed E-state index contributed by atoms with van der Waals surface area (Å²) in [5.74, 6) is -0.269. The number of rotatable bonds is 6. The zero-order chi connectivity index (χ0) is 20.5. The van der Waals surface area contributed by atoms with Crippen LogP contribution in [0.2, 0.25) is 10.0 Å². The molecule has 2 aliphatic rings. The van der Waals surface area contributed by atoms with E-state index >= 15 is 0 Å². The maximum atomic E-state index is 13.4. The minimum atomic E-state index is -0.440. The number of carbonyl (C=O) groups excluding carboxylic acids is 2. The fourth-order valence-corrected chi connectivity index (χ4v) is 4.77. The third-order valence-corrected chi connectivity index (χ3v) is 6.46. The molecule has 2 aromatic rings. The minimum Gasteiger partial charge on any atom is -0.370 e. The molecule has 4 rings (SSSR count). The second kappa shape index (κ2) is 8.37. The molecule has 152 valence electrons. The molecule has 2 fully saturated rings. The van der Waals surface area contributed by atoms with Crippen molar-refractivity contribution in [3.63, 3.8) is 0 Å². The van der Waals surface area contributed by atoms with E-state index in [1.54, 1.807) is 0 Å². The smallest absolute Gasteiger partial charge is 0.226 e. The van der Waals surface area contributed by atoms with Crippen molar-refractivity contribution in [2.75, 3.05) is 6.54 Å². The van der Waals surface area contributed by atoms with Crippen molar-refractivity contribution < 1.29 is 9.59 Å². The SMILES string of the molecule is NC(=O)C[C@@H]1C[C@H](c2cccc(Cl)c2)[C@@H](c2ccc(Cl)cc2)N(CC2CC2)C1=O. The van der Waals surface area contributed by atoms with Gasteiger partial charge in [-0.3, -0.25) is 9.59 Å². The average molecular weight is 431 g/mol. The van der Waals surface area contributed by atoms with Crippen LogP contribution in [0.15, 0.2) is 48.5 Å². The summed E-state index contributed by atoms with van der Waals surface area (Å²) in [6, 6.07) is 15.4. The molecule has 2 N–H and O–H groups in total. The van der Waals surface area contributed by atoms with Crippen LogP contribution >= 0.6 is 23.2 Å². The van der Waals surface area contributed by atoms with Gasteiger partial charge in [-0.15, -0.1) is 0 Å². The van der Waals surface area contributed by atoms with E-state index < -0.39 is 11.8 Å². The summed E-state index contributed by atoms with van der Waals surface area (Å²) in [4.78, 5) is 27.0. The lowest BCUT2D eigenvalue weighted by atomic mass is 9.74. The van der Waals surface area contributed by atoms with Gasteiger partial charge in [0.1, 0.15) is 0 Å². The van der Waals surface area contributed by atoms with Crippen LogP contribution in [-0.4, -0.2) is 23.3 Å². The molecular formula is C23H24Cl2N2O2. The van der Waals surface area contributed by atoms with Crippen LogP contribution in [0.1, 0.15) is 48.8 Å². The van der Waals surface area contributed by atoms with Gasteiger partial charge in [-0.25, -0.2) is 0 Å². The number of primary amides is 1. The van der Waals surface area contributed by atoms with Crippen molar-refractivity contribution in [3.05, 3.63) is 69.7 Å². The summed E-state index contributed by atoms with van der Waals surface area (Å²) >= 11 is 12.4. The molecule has 2 aromatic carbocycles. The fraction of sp³-hybridized carbons (Fsp3) is 0.391. The molecule has 0 aromatic heterocycles. The van der Waals surface area contributed by atoms with Gasteiger partial charge in [0.2, 0.25) is 11.8 Å². The summed E-state index contributed by atoms with van der Waals surface area (Å²) in [7, 11) is 0. The molecular weight excluding hydrogens is 407 g/mol. The van der Waals surface area contributed by atoms with Crippen molar-refractivity contribution >= 4 is 35.0 Å². The second-order valence-electron chi connectivity index (χ2n) is 8.19. The number of halogens is 2. The molecule has 2 amide bonds. The lowest BCUT2D eigenvalue weighted by molar-refractivity contribution is -0.145. The summed E-state index contributed by atoms with van der Waals surface area (Å²) in [6.45, 7) is 0.707. The quantitative estimate of drug-likeness (QED) is 0.703. The highest BCUT2D eigenvalue weighted by molar-refractivity contribution is 6.30. The first-order valence-electron chi connectivity index (χ1n) is 10.0. The molecule has 0 unspecified atom stereocenters. The fourth-order valence-electron chi connectivity index (χ4n) is 4.45. The van der Waals surface area contributed by atoms with Gasteiger partial charge < -0.3 is 10.6 Å². The van der Waals surface area contributed by atoms with Gasteiger partial charge >= 0.3 is 0 Å². The molecule has 1 aliphatic heterocycles. The van der Waals surface area contributed by atoms with Gasteiger partial charge in [-0.05, 0) is 60.6 Å². The molecule has 6 heteroatoms. The van der Waals surface area contributed by atoms with Crippen LogP contribution < -0.4 is 5.73 Å². The topological polar surface area (TPSA) is 63.4 Å². The van der Waals surface area contributed by atoms with E-state index in [2.05, 4.69) is 0 Å². The van der Waals surface area contributed by atoms with Gasteiger partial charge in [-0.1, -0.05) is 47.5 Å². The number of carbonyl (C=O) groups is 2. The maximum Gasteiger partial charge on any atom is 0.226 e. The Balaban J connectivity index is 1.78. The third-order valence-electron chi connectivity index (χ3n) is 5.98. The molecule has 1 saturated heterocycles. The van der Waals surface area contributed by atoms with Gasteiger partial charge in [0.25, 0.3) is 0 Å². The first-order chi connectivity index (χ1) is 13.9. The predicted molar refractivity (Wildman–Crippen MR) is 115 cm³/mol. The number of piperidine rings is 1. The average Bonchev–Trinajstić information content (AvgIpc) is 3.49. The van der Waals surface area contributed by atoms with E-state index in [0.29, 0.717) is 28.9 Å². The lowest BCUT2D eigenvalue weighted by Gasteiger charge is -2.45. The van der Waals surface area contributed by atoms with Crippen molar-refractivity contribution in [2.24, 2.45) is 17.6 Å². The van der Waals surface area contributed by atoms with Crippen molar-refractivity contribution in [2.45, 2.75) is 37.6 Å². The summed E-state index contributed by atoms with van der Waals surface area (Å²) < 4.78 is 0. The molecule has 0 spiro atoms. The standard InChI is InChI=1S/C23H24Cl2N2O2/c24-18-8-6-15(7-9-18)22-20(16-2-1-3-19(25)10-16)11-17(12-21(26)28)23(29)27(22)13-14-4-5-14/h1-3,6-10,14,17,20,22H,4-5,11-13H2,(H2,26,28)/t17-,20+,22+/m0/s1. The van der Waals surface area contributed by atoms with Crippen LogP contribution in [0.5, 0.6) is 0 Å². The van der Waals surface area contributed by atoms with Crippen LogP contribution in [0.4, 0.5) is 0 Å². The Morgan fingerprint density at radius 2 is 1.76 bits per heavy atom. The number of amides is 2. The van der Waals surface area contributed by atoms with Gasteiger partial charge in [0.15, 0.2) is 0 Å². The maximum absolute atomic E-state index is 13.4. The highest BCUT2D eigenvalue weighted by Gasteiger charge is 2.45. The Bertz CT molecular complexity index is 911. The first kappa shape index (κ1) is 20.2. The lowest BCUT2D eigenvalue weighted by Crippen LogP contribution is -2.48. The molecule has 1 saturated carbocycles. The summed E-state index contributed by atoms with van der Waals surface area (Å²) in [5, 5.41) is 1.32. The number of hydrogen-bond acceptors (Lipinski definition) is 2. The van der Waals surface area contributed by atoms with E-state index in [4.69, 9.17) is 28.9 Å². The number of likely N-dealkylation sites (tertiary alicyclic amines) is 1. The van der Waals surface area contributed by atoms with E-state index in [1.165, 1.54) is 0 Å². The highest BCUT2D eigenvalue weighted by Crippen LogP contribution is 2.47. The molecule has 3 atom stereocenters. The molecule has 29 heavy (non-hydrogen) atoms. The highest BCUT2D eigenvalue weighted by atomic mass is 35.5. The minimum absolute atomic E-state index is 0.0222. The Hall–Kier alpha value is -2.04. The predicted octanol–water partition coefficient (Wildman–Crippen LogP) is 4.95. The van der Waals surface area contributed by atoms with E-state index in [-0.39, 0.29) is 24.3 Å². The number of nitrogens with two attached hydrogens (primary N) is 1. The normalized spacial score (nSPS) is 24.6. The van der Waals surface area contributed by atoms with E-state index in [0.717, 1.165) is 24.0 Å². The van der Waals surface area contributed by atoms with Gasteiger partial charge in [-0.2, -0.15) is 0 Å². The first-order valence-corrected chi connectivity index (χ1v) is 10.8. The Kier molecular flexibility index (Phi) is 5.84. The number of benzene rings is 2. The van der Waals surface area contributed by atoms with E-state index in [1.807, 2.05) is 53.4 Å². The van der Waals surface area contributed by atoms with Crippen molar-refractivity contribution in [3.8, 4) is 0 Å². The van der Waals surface area contributed by atoms with E-state index in [9.17, 15) is 9.59 Å². The van der Waals surface area contributed by atoms with Crippen LogP contribution in [0, 0.1) is 11.8 Å². The molecule has 1 aliphatic carbocycles. The monoisotopic (exact) mass is 430 g/mol. The molecule has 1 heterocycles. The number of hydrogen-bond donors (Lipinski definition) is 1. The summed E-state index contributed by atoms with van der Waals surface area (Å²) in [6.07, 6.45) is 2.92. The van der Waals surface area contributed by atoms with Crippen LogP contribution in [-0.2, 0) is 9.59 Å². The van der Waals surface area contributed by atoms with Crippen molar-refractivity contribution in [1.82, 2.24) is 4.90 Å². The third kappa shape index (κ3) is 4.59. The van der Waals surface area contributed by atoms with Crippen LogP contribution in [0.25, 0.3) is 0 Å². The Morgan fingerprint density at radius 3 is 2.38 bits per heavy atom. The van der Waals surface area contributed by atoms with Gasteiger partial charge in [0, 0.05) is 34.8 Å². The second-order valence-corrected chi connectivity index (χ2v) is 9.07.